The van der Waals surface area contributed by atoms with Gasteiger partial charge in [-0.3, -0.25) is 15.4 Å². The van der Waals surface area contributed by atoms with Gasteiger partial charge in [0.2, 0.25) is 5.88 Å². The normalized spacial score (nSPS) is 10.1. The number of benzene rings is 1. The molecule has 9 heteroatoms. The summed E-state index contributed by atoms with van der Waals surface area (Å²) in [5, 5.41) is 19.5. The van der Waals surface area contributed by atoms with Crippen molar-refractivity contribution in [3.05, 3.63) is 39.6 Å². The molecule has 0 aliphatic rings. The van der Waals surface area contributed by atoms with E-state index in [1.165, 1.54) is 25.3 Å². The zero-order chi connectivity index (χ0) is 16.3. The van der Waals surface area contributed by atoms with Gasteiger partial charge in [0.25, 0.3) is 5.69 Å². The third-order valence-electron chi connectivity index (χ3n) is 3.03. The highest BCUT2D eigenvalue weighted by Gasteiger charge is 2.16. The van der Waals surface area contributed by atoms with Crippen molar-refractivity contribution in [3.8, 4) is 5.75 Å². The number of hydrogen-bond acceptors (Lipinski definition) is 6. The summed E-state index contributed by atoms with van der Waals surface area (Å²) in [4.78, 5) is 22.2. The maximum atomic E-state index is 12.0. The minimum Gasteiger partial charge on any atom is -0.495 e. The number of nitro groups is 1. The Labute approximate surface area is 125 Å². The van der Waals surface area contributed by atoms with E-state index in [9.17, 15) is 14.9 Å². The van der Waals surface area contributed by atoms with E-state index < -0.39 is 11.0 Å². The molecule has 22 heavy (non-hydrogen) atoms. The van der Waals surface area contributed by atoms with E-state index >= 15 is 0 Å². The van der Waals surface area contributed by atoms with Gasteiger partial charge in [0.15, 0.2) is 0 Å². The van der Waals surface area contributed by atoms with Crippen molar-refractivity contribution in [3.63, 3.8) is 0 Å². The Hall–Kier alpha value is -3.10. The number of nitrogens with zero attached hydrogens (tertiary/aromatic N) is 2. The number of nitrogens with one attached hydrogen (secondary N) is 2. The van der Waals surface area contributed by atoms with Crippen molar-refractivity contribution in [1.82, 2.24) is 5.16 Å². The molecule has 0 aliphatic carbocycles. The predicted octanol–water partition coefficient (Wildman–Crippen LogP) is 2.85. The molecule has 0 atom stereocenters. The lowest BCUT2D eigenvalue weighted by Crippen LogP contribution is -2.20. The molecule has 0 fully saturated rings. The number of non-ortho nitro benzene ring substituents is 1. The Kier molecular flexibility index (Phi) is 4.25. The van der Waals surface area contributed by atoms with E-state index in [0.29, 0.717) is 17.0 Å². The monoisotopic (exact) mass is 306 g/mol. The highest BCUT2D eigenvalue weighted by molar-refractivity contribution is 6.00. The number of nitro benzene ring substituents is 1. The average Bonchev–Trinajstić information content (AvgIpc) is 2.79. The van der Waals surface area contributed by atoms with Gasteiger partial charge in [0, 0.05) is 17.7 Å². The van der Waals surface area contributed by atoms with E-state index in [1.54, 1.807) is 13.8 Å². The van der Waals surface area contributed by atoms with Crippen molar-refractivity contribution in [2.45, 2.75) is 13.8 Å². The van der Waals surface area contributed by atoms with Crippen LogP contribution in [0.1, 0.15) is 11.3 Å². The van der Waals surface area contributed by atoms with Gasteiger partial charge in [-0.25, -0.2) is 4.79 Å². The van der Waals surface area contributed by atoms with Crippen molar-refractivity contribution in [1.29, 1.82) is 0 Å². The van der Waals surface area contributed by atoms with Crippen LogP contribution in [0.2, 0.25) is 0 Å². The smallest absolute Gasteiger partial charge is 0.326 e. The topological polar surface area (TPSA) is 120 Å². The van der Waals surface area contributed by atoms with Crippen LogP contribution in [0.4, 0.5) is 22.1 Å². The first-order valence-electron chi connectivity index (χ1n) is 6.25. The first-order valence-corrected chi connectivity index (χ1v) is 6.25. The summed E-state index contributed by atoms with van der Waals surface area (Å²) in [5.41, 5.74) is 1.36. The fraction of sp³-hybridized carbons (Fsp3) is 0.231. The van der Waals surface area contributed by atoms with Crippen molar-refractivity contribution < 1.29 is 19.0 Å². The Morgan fingerprint density at radius 2 is 2.09 bits per heavy atom. The summed E-state index contributed by atoms with van der Waals surface area (Å²) in [6, 6.07) is 3.26. The summed E-state index contributed by atoms with van der Waals surface area (Å²) < 4.78 is 10.0. The summed E-state index contributed by atoms with van der Waals surface area (Å²) >= 11 is 0. The third kappa shape index (κ3) is 3.14. The Morgan fingerprint density at radius 3 is 2.64 bits per heavy atom. The third-order valence-corrected chi connectivity index (χ3v) is 3.03. The van der Waals surface area contributed by atoms with E-state index in [0.717, 1.165) is 0 Å². The standard InChI is InChI=1S/C13H14N4O5/c1-7-8(2)16-22-12(7)15-13(18)14-10-6-9(17(19)20)4-5-11(10)21-3/h4-6H,1-3H3,(H2,14,15,18). The van der Waals surface area contributed by atoms with Crippen LogP contribution in [0.3, 0.4) is 0 Å². The minimum absolute atomic E-state index is 0.164. The highest BCUT2D eigenvalue weighted by atomic mass is 16.6. The number of methoxy groups -OCH3 is 1. The van der Waals surface area contributed by atoms with Gasteiger partial charge < -0.3 is 14.6 Å². The molecule has 1 aromatic carbocycles. The van der Waals surface area contributed by atoms with E-state index in [4.69, 9.17) is 9.26 Å². The molecule has 2 amide bonds. The van der Waals surface area contributed by atoms with Crippen LogP contribution in [-0.2, 0) is 0 Å². The second-order valence-electron chi connectivity index (χ2n) is 4.44. The highest BCUT2D eigenvalue weighted by Crippen LogP contribution is 2.29. The van der Waals surface area contributed by atoms with Crippen LogP contribution in [0.25, 0.3) is 0 Å². The number of rotatable bonds is 4. The predicted molar refractivity (Wildman–Crippen MR) is 78.3 cm³/mol. The number of aryl methyl sites for hydroxylation is 1. The van der Waals surface area contributed by atoms with Crippen LogP contribution in [0, 0.1) is 24.0 Å². The van der Waals surface area contributed by atoms with Crippen LogP contribution in [0.15, 0.2) is 22.7 Å². The van der Waals surface area contributed by atoms with Gasteiger partial charge in [-0.05, 0) is 19.9 Å². The molecular formula is C13H14N4O5. The number of aromatic nitrogens is 1. The van der Waals surface area contributed by atoms with E-state index in [-0.39, 0.29) is 17.3 Å². The molecule has 0 radical (unpaired) electrons. The number of amides is 2. The molecule has 9 nitrogen and oxygen atoms in total. The van der Waals surface area contributed by atoms with Gasteiger partial charge in [-0.2, -0.15) is 0 Å². The zero-order valence-corrected chi connectivity index (χ0v) is 12.2. The average molecular weight is 306 g/mol. The van der Waals surface area contributed by atoms with Gasteiger partial charge in [-0.1, -0.05) is 5.16 Å². The molecule has 2 aromatic rings. The SMILES string of the molecule is COc1ccc([N+](=O)[O-])cc1NC(=O)Nc1onc(C)c1C. The molecule has 0 saturated heterocycles. The molecule has 0 bridgehead atoms. The fourth-order valence-corrected chi connectivity index (χ4v) is 1.70. The number of anilines is 2. The van der Waals surface area contributed by atoms with E-state index in [2.05, 4.69) is 15.8 Å². The molecule has 116 valence electrons. The van der Waals surface area contributed by atoms with E-state index in [1.807, 2.05) is 0 Å². The molecule has 0 unspecified atom stereocenters. The maximum Gasteiger partial charge on any atom is 0.326 e. The van der Waals surface area contributed by atoms with Crippen molar-refractivity contribution >= 4 is 23.3 Å². The summed E-state index contributed by atoms with van der Waals surface area (Å²) in [5.74, 6) is 0.505. The Bertz CT molecular complexity index is 725. The van der Waals surface area contributed by atoms with Gasteiger partial charge in [0.05, 0.1) is 23.4 Å². The minimum atomic E-state index is -0.627. The maximum absolute atomic E-state index is 12.0. The quantitative estimate of drug-likeness (QED) is 0.662. The Morgan fingerprint density at radius 1 is 1.36 bits per heavy atom. The summed E-state index contributed by atoms with van der Waals surface area (Å²) in [6.45, 7) is 3.49. The number of ether oxygens (including phenoxy) is 1. The molecular weight excluding hydrogens is 292 g/mol. The first-order chi connectivity index (χ1) is 10.4. The van der Waals surface area contributed by atoms with Crippen LogP contribution >= 0.6 is 0 Å². The van der Waals surface area contributed by atoms with Crippen LogP contribution in [0.5, 0.6) is 5.75 Å². The largest absolute Gasteiger partial charge is 0.495 e. The van der Waals surface area contributed by atoms with Crippen LogP contribution in [-0.4, -0.2) is 23.2 Å². The van der Waals surface area contributed by atoms with Crippen molar-refractivity contribution in [2.24, 2.45) is 0 Å². The molecule has 2 N–H and O–H groups in total. The van der Waals surface area contributed by atoms with Gasteiger partial charge in [0.1, 0.15) is 5.75 Å². The molecule has 0 aliphatic heterocycles. The van der Waals surface area contributed by atoms with Crippen LogP contribution < -0.4 is 15.4 Å². The fourth-order valence-electron chi connectivity index (χ4n) is 1.70. The number of carbonyl (C=O) groups is 1. The zero-order valence-electron chi connectivity index (χ0n) is 12.2. The second-order valence-corrected chi connectivity index (χ2v) is 4.44. The second kappa shape index (κ2) is 6.12. The molecule has 1 heterocycles. The molecule has 0 saturated carbocycles. The summed E-state index contributed by atoms with van der Waals surface area (Å²) in [7, 11) is 1.40. The molecule has 1 aromatic heterocycles. The molecule has 0 spiro atoms. The lowest BCUT2D eigenvalue weighted by atomic mass is 10.2. The molecule has 2 rings (SSSR count). The first kappa shape index (κ1) is 15.3. The van der Waals surface area contributed by atoms with Gasteiger partial charge in [-0.15, -0.1) is 0 Å². The lowest BCUT2D eigenvalue weighted by Gasteiger charge is -2.10. The lowest BCUT2D eigenvalue weighted by molar-refractivity contribution is -0.384. The number of carbonyl (C=O) groups excluding carboxylic acids is 1. The van der Waals surface area contributed by atoms with Crippen molar-refractivity contribution in [2.75, 3.05) is 17.7 Å². The summed E-state index contributed by atoms with van der Waals surface area (Å²) in [6.07, 6.45) is 0. The number of urea groups is 1. The van der Waals surface area contributed by atoms with Gasteiger partial charge >= 0.3 is 6.03 Å². The number of hydrogen-bond donors (Lipinski definition) is 2. The Balaban J connectivity index is 2.18.